The molecule has 2 aliphatic heterocycles. The number of carbonyl (C=O) groups excluding carboxylic acids is 3. The van der Waals surface area contributed by atoms with E-state index in [-0.39, 0.29) is 30.7 Å². The summed E-state index contributed by atoms with van der Waals surface area (Å²) in [5.41, 5.74) is 4.81. The van der Waals surface area contributed by atoms with Crippen LogP contribution in [0.2, 0.25) is 0 Å². The minimum absolute atomic E-state index is 0.0180. The van der Waals surface area contributed by atoms with Gasteiger partial charge in [-0.2, -0.15) is 0 Å². The number of primary amides is 1. The Labute approximate surface area is 158 Å². The molecule has 27 heavy (non-hydrogen) atoms. The molecule has 3 amide bonds. The normalized spacial score (nSPS) is 25.1. The highest BCUT2D eigenvalue weighted by molar-refractivity contribution is 6.03. The van der Waals surface area contributed by atoms with Crippen molar-refractivity contribution in [3.05, 3.63) is 24.3 Å². The molecule has 3 atom stereocenters. The lowest BCUT2D eigenvalue weighted by atomic mass is 9.96. The van der Waals surface area contributed by atoms with E-state index in [9.17, 15) is 14.4 Å². The second-order valence-electron chi connectivity index (χ2n) is 7.61. The van der Waals surface area contributed by atoms with Crippen molar-refractivity contribution in [1.82, 2.24) is 10.2 Å². The number of anilines is 1. The maximum atomic E-state index is 13.1. The van der Waals surface area contributed by atoms with Crippen molar-refractivity contribution in [2.75, 3.05) is 18.9 Å². The van der Waals surface area contributed by atoms with Gasteiger partial charge in [-0.1, -0.05) is 26.0 Å². The van der Waals surface area contributed by atoms with E-state index in [0.29, 0.717) is 17.9 Å². The van der Waals surface area contributed by atoms with Gasteiger partial charge in [-0.25, -0.2) is 0 Å². The summed E-state index contributed by atoms with van der Waals surface area (Å²) in [6.07, 6.45) is 0.645. The molecule has 1 unspecified atom stereocenters. The molecule has 0 bridgehead atoms. The highest BCUT2D eigenvalue weighted by Gasteiger charge is 2.57. The predicted octanol–water partition coefficient (Wildman–Crippen LogP) is 0.477. The number of carbonyl (C=O) groups is 3. The average Bonchev–Trinajstić information content (AvgIpc) is 3.01. The molecule has 0 aromatic heterocycles. The molecule has 2 heterocycles. The van der Waals surface area contributed by atoms with Gasteiger partial charge in [-0.3, -0.25) is 14.4 Å². The molecule has 1 spiro atoms. The number of likely N-dealkylation sites (tertiary alicyclic amines) is 1. The summed E-state index contributed by atoms with van der Waals surface area (Å²) in [4.78, 5) is 39.3. The van der Waals surface area contributed by atoms with Crippen LogP contribution in [0.4, 0.5) is 5.69 Å². The Kier molecular flexibility index (Phi) is 5.10. The van der Waals surface area contributed by atoms with Gasteiger partial charge in [0.2, 0.25) is 17.4 Å². The van der Waals surface area contributed by atoms with E-state index in [2.05, 4.69) is 10.6 Å². The Morgan fingerprint density at radius 3 is 2.74 bits per heavy atom. The van der Waals surface area contributed by atoms with E-state index >= 15 is 0 Å². The first-order chi connectivity index (χ1) is 12.8. The van der Waals surface area contributed by atoms with E-state index < -0.39 is 23.6 Å². The summed E-state index contributed by atoms with van der Waals surface area (Å²) in [5, 5.41) is 5.82. The number of rotatable bonds is 5. The quantitative estimate of drug-likeness (QED) is 0.694. The Morgan fingerprint density at radius 1 is 1.41 bits per heavy atom. The molecule has 1 aromatic rings. The first-order valence-corrected chi connectivity index (χ1v) is 9.14. The van der Waals surface area contributed by atoms with Crippen molar-refractivity contribution < 1.29 is 19.1 Å². The zero-order valence-electron chi connectivity index (χ0n) is 15.8. The van der Waals surface area contributed by atoms with Crippen molar-refractivity contribution in [3.8, 4) is 5.75 Å². The van der Waals surface area contributed by atoms with Crippen LogP contribution in [0.5, 0.6) is 5.75 Å². The number of para-hydroxylation sites is 2. The second-order valence-corrected chi connectivity index (χ2v) is 7.61. The van der Waals surface area contributed by atoms with E-state index in [1.807, 2.05) is 13.8 Å². The van der Waals surface area contributed by atoms with E-state index in [0.717, 1.165) is 0 Å². The number of nitrogens with two attached hydrogens (primary N) is 1. The topological polar surface area (TPSA) is 114 Å². The monoisotopic (exact) mass is 374 g/mol. The zero-order chi connectivity index (χ0) is 19.8. The van der Waals surface area contributed by atoms with Gasteiger partial charge in [0.05, 0.1) is 18.3 Å². The fourth-order valence-electron chi connectivity index (χ4n) is 3.76. The number of hydrogen-bond acceptors (Lipinski definition) is 5. The first kappa shape index (κ1) is 19.2. The first-order valence-electron chi connectivity index (χ1n) is 9.14. The van der Waals surface area contributed by atoms with Gasteiger partial charge in [-0.15, -0.1) is 0 Å². The Morgan fingerprint density at radius 2 is 2.11 bits per heavy atom. The zero-order valence-corrected chi connectivity index (χ0v) is 15.8. The highest BCUT2D eigenvalue weighted by atomic mass is 16.5. The number of likely N-dealkylation sites (N-methyl/N-ethyl adjacent to an activating group) is 1. The van der Waals surface area contributed by atoms with E-state index in [4.69, 9.17) is 10.5 Å². The predicted molar refractivity (Wildman–Crippen MR) is 100 cm³/mol. The molecule has 8 heteroatoms. The Hall–Kier alpha value is -2.61. The van der Waals surface area contributed by atoms with Crippen LogP contribution < -0.4 is 21.1 Å². The summed E-state index contributed by atoms with van der Waals surface area (Å²) in [6, 6.07) is 5.73. The van der Waals surface area contributed by atoms with Crippen LogP contribution in [0.1, 0.15) is 26.7 Å². The fraction of sp³-hybridized carbons (Fsp3) is 0.526. The third-order valence-corrected chi connectivity index (χ3v) is 5.14. The Bertz CT molecular complexity index is 766. The van der Waals surface area contributed by atoms with Crippen molar-refractivity contribution in [1.29, 1.82) is 0 Å². The van der Waals surface area contributed by atoms with Crippen LogP contribution >= 0.6 is 0 Å². The molecule has 0 aliphatic carbocycles. The van der Waals surface area contributed by atoms with Gasteiger partial charge >= 0.3 is 0 Å². The SMILES string of the molecule is CN[C@@H](CC(C)C)C(=O)N1CC2(C[C@H]1C(N)=O)Oc1ccccc1NC2=O. The highest BCUT2D eigenvalue weighted by Crippen LogP contribution is 2.40. The van der Waals surface area contributed by atoms with Gasteiger partial charge in [0.25, 0.3) is 5.91 Å². The molecule has 0 radical (unpaired) electrons. The molecule has 0 saturated carbocycles. The number of fused-ring (bicyclic) bond motifs is 1. The number of nitrogens with zero attached hydrogens (tertiary/aromatic N) is 1. The molecular weight excluding hydrogens is 348 g/mol. The maximum absolute atomic E-state index is 13.1. The molecule has 4 N–H and O–H groups in total. The summed E-state index contributed by atoms with van der Waals surface area (Å²) in [5.74, 6) is -0.456. The lowest BCUT2D eigenvalue weighted by Crippen LogP contribution is -2.54. The minimum Gasteiger partial charge on any atom is -0.473 e. The van der Waals surface area contributed by atoms with Crippen molar-refractivity contribution in [2.24, 2.45) is 11.7 Å². The van der Waals surface area contributed by atoms with Gasteiger partial charge in [0.15, 0.2) is 0 Å². The van der Waals surface area contributed by atoms with Gasteiger partial charge in [-0.05, 0) is 31.5 Å². The molecule has 1 saturated heterocycles. The van der Waals surface area contributed by atoms with Crippen LogP contribution in [0.3, 0.4) is 0 Å². The van der Waals surface area contributed by atoms with Gasteiger partial charge in [0.1, 0.15) is 11.8 Å². The van der Waals surface area contributed by atoms with Crippen molar-refractivity contribution in [2.45, 2.75) is 44.4 Å². The number of hydrogen-bond donors (Lipinski definition) is 3. The molecule has 146 valence electrons. The standard InChI is InChI=1S/C19H26N4O4/c1-11(2)8-13(21-3)17(25)23-10-19(9-14(23)16(20)24)18(26)22-12-6-4-5-7-15(12)27-19/h4-7,11,13-14,21H,8-10H2,1-3H3,(H2,20,24)(H,22,26)/t13-,14-,19?/m0/s1. The van der Waals surface area contributed by atoms with E-state index in [1.54, 1.807) is 31.3 Å². The third kappa shape index (κ3) is 3.49. The second kappa shape index (κ2) is 7.19. The molecule has 8 nitrogen and oxygen atoms in total. The van der Waals surface area contributed by atoms with Crippen LogP contribution in [-0.2, 0) is 14.4 Å². The summed E-state index contributed by atoms with van der Waals surface area (Å²) in [7, 11) is 1.70. The van der Waals surface area contributed by atoms with Crippen LogP contribution in [0.25, 0.3) is 0 Å². The number of ether oxygens (including phenoxy) is 1. The summed E-state index contributed by atoms with van der Waals surface area (Å²) in [6.45, 7) is 4.02. The average molecular weight is 374 g/mol. The van der Waals surface area contributed by atoms with E-state index in [1.165, 1.54) is 4.90 Å². The maximum Gasteiger partial charge on any atom is 0.270 e. The molecule has 2 aliphatic rings. The molecular formula is C19H26N4O4. The summed E-state index contributed by atoms with van der Waals surface area (Å²) < 4.78 is 6.01. The van der Waals surface area contributed by atoms with Crippen LogP contribution in [-0.4, -0.2) is 53.9 Å². The fourth-order valence-corrected chi connectivity index (χ4v) is 3.76. The lowest BCUT2D eigenvalue weighted by Gasteiger charge is -2.34. The van der Waals surface area contributed by atoms with Crippen molar-refractivity contribution >= 4 is 23.4 Å². The lowest BCUT2D eigenvalue weighted by molar-refractivity contribution is -0.140. The molecule has 3 rings (SSSR count). The summed E-state index contributed by atoms with van der Waals surface area (Å²) >= 11 is 0. The number of amides is 3. The molecule has 1 aromatic carbocycles. The molecule has 1 fully saturated rings. The number of nitrogens with one attached hydrogen (secondary N) is 2. The number of benzene rings is 1. The van der Waals surface area contributed by atoms with Gasteiger partial charge < -0.3 is 26.0 Å². The largest absolute Gasteiger partial charge is 0.473 e. The minimum atomic E-state index is -1.32. The van der Waals surface area contributed by atoms with Crippen LogP contribution in [0.15, 0.2) is 24.3 Å². The van der Waals surface area contributed by atoms with Crippen molar-refractivity contribution in [3.63, 3.8) is 0 Å². The van der Waals surface area contributed by atoms with Gasteiger partial charge in [0, 0.05) is 6.42 Å². The third-order valence-electron chi connectivity index (χ3n) is 5.14. The Balaban J connectivity index is 1.90. The van der Waals surface area contributed by atoms with Crippen LogP contribution in [0, 0.1) is 5.92 Å². The smallest absolute Gasteiger partial charge is 0.270 e.